The van der Waals surface area contributed by atoms with Crippen molar-refractivity contribution < 1.29 is 0 Å². The Hall–Kier alpha value is -1.88. The highest BCUT2D eigenvalue weighted by atomic mass is 15.2. The van der Waals surface area contributed by atoms with Crippen molar-refractivity contribution in [2.45, 2.75) is 39.4 Å². The molecule has 0 saturated carbocycles. The molecule has 0 bridgehead atoms. The van der Waals surface area contributed by atoms with Gasteiger partial charge >= 0.3 is 0 Å². The molecule has 0 spiro atoms. The predicted octanol–water partition coefficient (Wildman–Crippen LogP) is 2.34. The van der Waals surface area contributed by atoms with E-state index < -0.39 is 0 Å². The van der Waals surface area contributed by atoms with E-state index >= 15 is 0 Å². The van der Waals surface area contributed by atoms with Crippen molar-refractivity contribution in [3.63, 3.8) is 0 Å². The van der Waals surface area contributed by atoms with Crippen LogP contribution in [0.25, 0.3) is 0 Å². The van der Waals surface area contributed by atoms with Crippen LogP contribution >= 0.6 is 0 Å². The van der Waals surface area contributed by atoms with Gasteiger partial charge in [0.25, 0.3) is 0 Å². The van der Waals surface area contributed by atoms with Crippen molar-refractivity contribution in [2.75, 3.05) is 11.9 Å². The fraction of sp³-hybridized carbons (Fsp3) is 0.500. The molecule has 0 aliphatic carbocycles. The topological polar surface area (TPSA) is 46.0 Å². The maximum absolute atomic E-state index is 4.43. The third-order valence-electron chi connectivity index (χ3n) is 3.22. The van der Waals surface area contributed by atoms with Crippen LogP contribution in [0.4, 0.5) is 5.69 Å². The summed E-state index contributed by atoms with van der Waals surface area (Å²) in [6.45, 7) is 8.09. The highest BCUT2D eigenvalue weighted by Crippen LogP contribution is 2.16. The van der Waals surface area contributed by atoms with Crippen LogP contribution in [0.2, 0.25) is 0 Å². The first-order valence-corrected chi connectivity index (χ1v) is 7.22. The molecule has 114 valence electrons. The second-order valence-electron chi connectivity index (χ2n) is 6.49. The summed E-state index contributed by atoms with van der Waals surface area (Å²) in [6, 6.07) is 4.17. The number of hydrogen-bond acceptors (Lipinski definition) is 4. The average Bonchev–Trinajstić information content (AvgIpc) is 2.81. The van der Waals surface area contributed by atoms with Crippen LogP contribution in [-0.2, 0) is 20.1 Å². The number of nitrogens with one attached hydrogen (secondary N) is 1. The van der Waals surface area contributed by atoms with Crippen molar-refractivity contribution in [3.8, 4) is 0 Å². The molecule has 21 heavy (non-hydrogen) atoms. The monoisotopic (exact) mass is 287 g/mol. The van der Waals surface area contributed by atoms with Crippen molar-refractivity contribution in [3.05, 3.63) is 42.0 Å². The van der Waals surface area contributed by atoms with Crippen LogP contribution in [-0.4, -0.2) is 27.4 Å². The summed E-state index contributed by atoms with van der Waals surface area (Å²) in [6.07, 6.45) is 5.81. The highest BCUT2D eigenvalue weighted by Gasteiger charge is 2.10. The van der Waals surface area contributed by atoms with E-state index in [1.165, 1.54) is 11.3 Å². The first kappa shape index (κ1) is 15.5. The molecule has 0 amide bonds. The summed E-state index contributed by atoms with van der Waals surface area (Å²) >= 11 is 0. The van der Waals surface area contributed by atoms with Gasteiger partial charge in [0.05, 0.1) is 11.9 Å². The quantitative estimate of drug-likeness (QED) is 0.917. The van der Waals surface area contributed by atoms with Gasteiger partial charge in [-0.1, -0.05) is 0 Å². The first-order chi connectivity index (χ1) is 9.83. The molecule has 0 aliphatic heterocycles. The SMILES string of the molecule is CN(Cc1cnn(C)c1)c1ccnc(CNC(C)(C)C)c1. The number of aromatic nitrogens is 3. The van der Waals surface area contributed by atoms with E-state index in [2.05, 4.69) is 54.2 Å². The fourth-order valence-electron chi connectivity index (χ4n) is 2.07. The van der Waals surface area contributed by atoms with Crippen LogP contribution in [0.1, 0.15) is 32.0 Å². The average molecular weight is 287 g/mol. The van der Waals surface area contributed by atoms with E-state index in [4.69, 9.17) is 0 Å². The summed E-state index contributed by atoms with van der Waals surface area (Å²) in [5.74, 6) is 0. The number of hydrogen-bond donors (Lipinski definition) is 1. The second-order valence-corrected chi connectivity index (χ2v) is 6.49. The Balaban J connectivity index is 2.02. The second kappa shape index (κ2) is 6.26. The molecule has 2 aromatic heterocycles. The van der Waals surface area contributed by atoms with Crippen LogP contribution in [0.3, 0.4) is 0 Å². The van der Waals surface area contributed by atoms with Gasteiger partial charge in [-0.15, -0.1) is 0 Å². The van der Waals surface area contributed by atoms with E-state index in [-0.39, 0.29) is 5.54 Å². The Labute approximate surface area is 127 Å². The summed E-state index contributed by atoms with van der Waals surface area (Å²) in [5, 5.41) is 7.67. The summed E-state index contributed by atoms with van der Waals surface area (Å²) < 4.78 is 1.83. The van der Waals surface area contributed by atoms with Gasteiger partial charge in [-0.25, -0.2) is 0 Å². The Kier molecular flexibility index (Phi) is 4.63. The van der Waals surface area contributed by atoms with Crippen molar-refractivity contribution >= 4 is 5.69 Å². The van der Waals surface area contributed by atoms with Crippen LogP contribution in [0, 0.1) is 0 Å². The largest absolute Gasteiger partial charge is 0.370 e. The molecular formula is C16H25N5. The highest BCUT2D eigenvalue weighted by molar-refractivity contribution is 5.46. The molecule has 0 aromatic carbocycles. The summed E-state index contributed by atoms with van der Waals surface area (Å²) in [5.41, 5.74) is 3.52. The maximum atomic E-state index is 4.43. The first-order valence-electron chi connectivity index (χ1n) is 7.22. The van der Waals surface area contributed by atoms with Gasteiger partial charge in [-0.3, -0.25) is 9.67 Å². The number of anilines is 1. The minimum Gasteiger partial charge on any atom is -0.370 e. The lowest BCUT2D eigenvalue weighted by Crippen LogP contribution is -2.35. The Bertz CT molecular complexity index is 582. The zero-order chi connectivity index (χ0) is 15.5. The van der Waals surface area contributed by atoms with Crippen LogP contribution in [0.5, 0.6) is 0 Å². The van der Waals surface area contributed by atoms with Gasteiger partial charge in [0.2, 0.25) is 0 Å². The van der Waals surface area contributed by atoms with Gasteiger partial charge in [-0.2, -0.15) is 5.10 Å². The Morgan fingerprint density at radius 3 is 2.71 bits per heavy atom. The van der Waals surface area contributed by atoms with Crippen molar-refractivity contribution in [1.82, 2.24) is 20.1 Å². The number of aryl methyl sites for hydroxylation is 1. The molecule has 0 aliphatic rings. The van der Waals surface area contributed by atoms with Crippen molar-refractivity contribution in [2.24, 2.45) is 7.05 Å². The normalized spacial score (nSPS) is 11.7. The molecule has 0 saturated heterocycles. The maximum Gasteiger partial charge on any atom is 0.0562 e. The van der Waals surface area contributed by atoms with E-state index in [0.29, 0.717) is 0 Å². The molecule has 0 unspecified atom stereocenters. The van der Waals surface area contributed by atoms with Gasteiger partial charge in [0.1, 0.15) is 0 Å². The third-order valence-corrected chi connectivity index (χ3v) is 3.22. The fourth-order valence-corrected chi connectivity index (χ4v) is 2.07. The smallest absolute Gasteiger partial charge is 0.0562 e. The van der Waals surface area contributed by atoms with Gasteiger partial charge in [0, 0.05) is 56.4 Å². The molecule has 2 rings (SSSR count). The minimum absolute atomic E-state index is 0.0965. The molecule has 0 fully saturated rings. The standard InChI is InChI=1S/C16H25N5/c1-16(2,3)18-10-14-8-15(6-7-17-14)20(4)11-13-9-19-21(5)12-13/h6-9,12,18H,10-11H2,1-5H3. The lowest BCUT2D eigenvalue weighted by molar-refractivity contribution is 0.421. The lowest BCUT2D eigenvalue weighted by Gasteiger charge is -2.22. The zero-order valence-electron chi connectivity index (χ0n) is 13.6. The summed E-state index contributed by atoms with van der Waals surface area (Å²) in [4.78, 5) is 6.64. The number of nitrogens with zero attached hydrogens (tertiary/aromatic N) is 4. The molecule has 1 N–H and O–H groups in total. The molecule has 2 aromatic rings. The number of rotatable bonds is 5. The Morgan fingerprint density at radius 1 is 1.33 bits per heavy atom. The van der Waals surface area contributed by atoms with Crippen LogP contribution in [0.15, 0.2) is 30.7 Å². The van der Waals surface area contributed by atoms with Crippen LogP contribution < -0.4 is 10.2 Å². The molecule has 0 atom stereocenters. The third kappa shape index (κ3) is 4.86. The molecule has 5 nitrogen and oxygen atoms in total. The van der Waals surface area contributed by atoms with E-state index in [1.807, 2.05) is 36.4 Å². The predicted molar refractivity (Wildman–Crippen MR) is 86.1 cm³/mol. The molecular weight excluding hydrogens is 262 g/mol. The minimum atomic E-state index is 0.0965. The lowest BCUT2D eigenvalue weighted by atomic mass is 10.1. The van der Waals surface area contributed by atoms with Gasteiger partial charge < -0.3 is 10.2 Å². The van der Waals surface area contributed by atoms with Crippen molar-refractivity contribution in [1.29, 1.82) is 0 Å². The number of pyridine rings is 1. The van der Waals surface area contributed by atoms with Gasteiger partial charge in [-0.05, 0) is 32.9 Å². The van der Waals surface area contributed by atoms with E-state index in [1.54, 1.807) is 0 Å². The molecule has 0 radical (unpaired) electrons. The summed E-state index contributed by atoms with van der Waals surface area (Å²) in [7, 11) is 4.02. The van der Waals surface area contributed by atoms with E-state index in [9.17, 15) is 0 Å². The van der Waals surface area contributed by atoms with E-state index in [0.717, 1.165) is 18.8 Å². The zero-order valence-corrected chi connectivity index (χ0v) is 13.6. The molecule has 5 heteroatoms. The Morgan fingerprint density at radius 2 is 2.10 bits per heavy atom. The van der Waals surface area contributed by atoms with Gasteiger partial charge in [0.15, 0.2) is 0 Å². The molecule has 2 heterocycles.